The Balaban J connectivity index is 1.48. The van der Waals surface area contributed by atoms with Gasteiger partial charge in [0, 0.05) is 38.8 Å². The third-order valence-corrected chi connectivity index (χ3v) is 4.73. The number of piperidine rings is 1. The minimum atomic E-state index is 0.775. The second-order valence-electron chi connectivity index (χ2n) is 6.33. The predicted molar refractivity (Wildman–Crippen MR) is 81.7 cm³/mol. The van der Waals surface area contributed by atoms with E-state index in [1.165, 1.54) is 78.0 Å². The predicted octanol–water partition coefficient (Wildman–Crippen LogP) is 0.698. The molecule has 0 amide bonds. The zero-order valence-corrected chi connectivity index (χ0v) is 12.9. The highest BCUT2D eigenvalue weighted by Crippen LogP contribution is 2.13. The Bertz CT molecular complexity index is 238. The van der Waals surface area contributed by atoms with Crippen molar-refractivity contribution in [3.8, 4) is 0 Å². The maximum atomic E-state index is 3.66. The fourth-order valence-electron chi connectivity index (χ4n) is 3.17. The Kier molecular flexibility index (Phi) is 6.57. The summed E-state index contributed by atoms with van der Waals surface area (Å²) in [5.41, 5.74) is 0. The summed E-state index contributed by atoms with van der Waals surface area (Å²) in [6.07, 6.45) is 5.47. The zero-order chi connectivity index (χ0) is 13.5. The van der Waals surface area contributed by atoms with Crippen molar-refractivity contribution in [1.29, 1.82) is 0 Å². The second-order valence-corrected chi connectivity index (χ2v) is 6.33. The first-order valence-electron chi connectivity index (χ1n) is 8.07. The van der Waals surface area contributed by atoms with Crippen molar-refractivity contribution < 1.29 is 0 Å². The maximum absolute atomic E-state index is 3.66. The van der Waals surface area contributed by atoms with Crippen LogP contribution in [0.3, 0.4) is 0 Å². The minimum absolute atomic E-state index is 0.775. The molecule has 0 spiro atoms. The highest BCUT2D eigenvalue weighted by atomic mass is 15.2. The van der Waals surface area contributed by atoms with Crippen LogP contribution in [0, 0.1) is 0 Å². The summed E-state index contributed by atoms with van der Waals surface area (Å²) in [5.74, 6) is 0. The van der Waals surface area contributed by atoms with Gasteiger partial charge in [0.1, 0.15) is 0 Å². The topological polar surface area (TPSA) is 21.8 Å². The molecule has 2 aliphatic rings. The molecule has 2 rings (SSSR count). The Hall–Kier alpha value is -0.160. The summed E-state index contributed by atoms with van der Waals surface area (Å²) >= 11 is 0. The lowest BCUT2D eigenvalue weighted by Gasteiger charge is -2.33. The minimum Gasteiger partial charge on any atom is -0.315 e. The maximum Gasteiger partial charge on any atom is 0.0217 e. The molecular weight excluding hydrogens is 236 g/mol. The highest BCUT2D eigenvalue weighted by molar-refractivity contribution is 4.76. The molecule has 1 atom stereocenters. The van der Waals surface area contributed by atoms with E-state index in [0.717, 1.165) is 6.04 Å². The largest absolute Gasteiger partial charge is 0.315 e. The van der Waals surface area contributed by atoms with Crippen LogP contribution in [-0.4, -0.2) is 87.2 Å². The van der Waals surface area contributed by atoms with Gasteiger partial charge in [0.05, 0.1) is 0 Å². The average molecular weight is 268 g/mol. The summed E-state index contributed by atoms with van der Waals surface area (Å²) in [6.45, 7) is 9.88. The van der Waals surface area contributed by atoms with E-state index in [9.17, 15) is 0 Å². The zero-order valence-electron chi connectivity index (χ0n) is 12.9. The molecule has 0 aliphatic carbocycles. The highest BCUT2D eigenvalue weighted by Gasteiger charge is 2.18. The monoisotopic (exact) mass is 268 g/mol. The average Bonchev–Trinajstić information content (AvgIpc) is 2.42. The van der Waals surface area contributed by atoms with E-state index in [1.54, 1.807) is 0 Å². The van der Waals surface area contributed by atoms with Crippen molar-refractivity contribution in [2.24, 2.45) is 0 Å². The Morgan fingerprint density at radius 2 is 1.79 bits per heavy atom. The number of rotatable bonds is 6. The number of likely N-dealkylation sites (N-methyl/N-ethyl adjacent to an activating group) is 2. The molecule has 2 aliphatic heterocycles. The van der Waals surface area contributed by atoms with Crippen molar-refractivity contribution in [3.63, 3.8) is 0 Å². The van der Waals surface area contributed by atoms with Gasteiger partial charge in [-0.25, -0.2) is 0 Å². The van der Waals surface area contributed by atoms with Gasteiger partial charge in [-0.2, -0.15) is 0 Å². The van der Waals surface area contributed by atoms with E-state index in [4.69, 9.17) is 0 Å². The molecule has 1 unspecified atom stereocenters. The van der Waals surface area contributed by atoms with Gasteiger partial charge in [-0.05, 0) is 53.0 Å². The molecule has 0 saturated carbocycles. The van der Waals surface area contributed by atoms with Gasteiger partial charge in [-0.3, -0.25) is 0 Å². The SMILES string of the molecule is CN1CCN(CCCNCC2CCCCN2C)CC1. The van der Waals surface area contributed by atoms with E-state index in [-0.39, 0.29) is 0 Å². The smallest absolute Gasteiger partial charge is 0.0217 e. The van der Waals surface area contributed by atoms with E-state index < -0.39 is 0 Å². The lowest BCUT2D eigenvalue weighted by atomic mass is 10.0. The number of hydrogen-bond donors (Lipinski definition) is 1. The van der Waals surface area contributed by atoms with Gasteiger partial charge in [0.2, 0.25) is 0 Å². The molecule has 2 heterocycles. The molecule has 2 saturated heterocycles. The molecule has 0 bridgehead atoms. The molecule has 19 heavy (non-hydrogen) atoms. The first kappa shape index (κ1) is 15.2. The molecule has 0 radical (unpaired) electrons. The second kappa shape index (κ2) is 8.20. The van der Waals surface area contributed by atoms with Crippen molar-refractivity contribution in [2.75, 3.05) is 66.5 Å². The molecule has 0 aromatic carbocycles. The number of likely N-dealkylation sites (tertiary alicyclic amines) is 1. The summed E-state index contributed by atoms with van der Waals surface area (Å²) in [7, 11) is 4.50. The number of hydrogen-bond acceptors (Lipinski definition) is 4. The quantitative estimate of drug-likeness (QED) is 0.716. The van der Waals surface area contributed by atoms with Gasteiger partial charge in [0.25, 0.3) is 0 Å². The van der Waals surface area contributed by atoms with E-state index in [2.05, 4.69) is 34.1 Å². The summed E-state index contributed by atoms with van der Waals surface area (Å²) in [6, 6.07) is 0.775. The summed E-state index contributed by atoms with van der Waals surface area (Å²) in [5, 5.41) is 3.66. The van der Waals surface area contributed by atoms with Gasteiger partial charge in [-0.15, -0.1) is 0 Å². The van der Waals surface area contributed by atoms with Gasteiger partial charge < -0.3 is 20.0 Å². The molecule has 2 fully saturated rings. The van der Waals surface area contributed by atoms with Crippen LogP contribution in [0.15, 0.2) is 0 Å². The van der Waals surface area contributed by atoms with Crippen LogP contribution in [0.1, 0.15) is 25.7 Å². The van der Waals surface area contributed by atoms with Gasteiger partial charge in [0.15, 0.2) is 0 Å². The van der Waals surface area contributed by atoms with Crippen LogP contribution in [0.5, 0.6) is 0 Å². The Labute approximate surface area is 119 Å². The fraction of sp³-hybridized carbons (Fsp3) is 1.00. The molecule has 4 nitrogen and oxygen atoms in total. The van der Waals surface area contributed by atoms with Crippen LogP contribution in [0.25, 0.3) is 0 Å². The third-order valence-electron chi connectivity index (χ3n) is 4.73. The van der Waals surface area contributed by atoms with E-state index in [0.29, 0.717) is 0 Å². The Morgan fingerprint density at radius 1 is 1.00 bits per heavy atom. The third kappa shape index (κ3) is 5.38. The van der Waals surface area contributed by atoms with Crippen LogP contribution >= 0.6 is 0 Å². The van der Waals surface area contributed by atoms with Crippen molar-refractivity contribution in [3.05, 3.63) is 0 Å². The van der Waals surface area contributed by atoms with Crippen LogP contribution in [0.4, 0.5) is 0 Å². The van der Waals surface area contributed by atoms with E-state index >= 15 is 0 Å². The number of piperazine rings is 1. The number of nitrogens with one attached hydrogen (secondary N) is 1. The van der Waals surface area contributed by atoms with Crippen LogP contribution < -0.4 is 5.32 Å². The Morgan fingerprint density at radius 3 is 2.53 bits per heavy atom. The normalized spacial score (nSPS) is 27.8. The first-order valence-corrected chi connectivity index (χ1v) is 8.07. The van der Waals surface area contributed by atoms with Crippen LogP contribution in [0.2, 0.25) is 0 Å². The summed E-state index contributed by atoms with van der Waals surface area (Å²) in [4.78, 5) is 7.55. The molecule has 0 aromatic rings. The summed E-state index contributed by atoms with van der Waals surface area (Å²) < 4.78 is 0. The molecule has 4 heteroatoms. The fourth-order valence-corrected chi connectivity index (χ4v) is 3.17. The van der Waals surface area contributed by atoms with Crippen molar-refractivity contribution in [2.45, 2.75) is 31.7 Å². The van der Waals surface area contributed by atoms with Gasteiger partial charge >= 0.3 is 0 Å². The molecule has 112 valence electrons. The standard InChI is InChI=1S/C15H32N4/c1-17-10-12-19(13-11-17)9-5-7-16-14-15-6-3-4-8-18(15)2/h15-16H,3-14H2,1-2H3. The molecular formula is C15H32N4. The first-order chi connectivity index (χ1) is 9.25. The lowest BCUT2D eigenvalue weighted by molar-refractivity contribution is 0.151. The molecule has 0 aromatic heterocycles. The van der Waals surface area contributed by atoms with Crippen LogP contribution in [-0.2, 0) is 0 Å². The lowest BCUT2D eigenvalue weighted by Crippen LogP contribution is -2.45. The van der Waals surface area contributed by atoms with Gasteiger partial charge in [-0.1, -0.05) is 6.42 Å². The van der Waals surface area contributed by atoms with E-state index in [1.807, 2.05) is 0 Å². The number of nitrogens with zero attached hydrogens (tertiary/aromatic N) is 3. The molecule has 1 N–H and O–H groups in total. The van der Waals surface area contributed by atoms with Crippen molar-refractivity contribution >= 4 is 0 Å². The van der Waals surface area contributed by atoms with Crippen molar-refractivity contribution in [1.82, 2.24) is 20.0 Å².